The van der Waals surface area contributed by atoms with E-state index >= 15 is 0 Å². The van der Waals surface area contributed by atoms with Crippen LogP contribution in [0.3, 0.4) is 0 Å². The minimum Gasteiger partial charge on any atom is -0.352 e. The maximum atomic E-state index is 13.5. The van der Waals surface area contributed by atoms with Gasteiger partial charge in [-0.15, -0.1) is 0 Å². The number of nitrogens with one attached hydrogen (secondary N) is 1. The molecule has 1 aliphatic carbocycles. The van der Waals surface area contributed by atoms with Crippen molar-refractivity contribution in [3.05, 3.63) is 63.6 Å². The van der Waals surface area contributed by atoms with E-state index in [1.54, 1.807) is 17.9 Å². The molecule has 0 saturated heterocycles. The van der Waals surface area contributed by atoms with Crippen molar-refractivity contribution in [1.29, 1.82) is 0 Å². The van der Waals surface area contributed by atoms with Gasteiger partial charge in [0.15, 0.2) is 0 Å². The van der Waals surface area contributed by atoms with E-state index in [-0.39, 0.29) is 30.8 Å². The number of carbonyl (C=O) groups is 2. The lowest BCUT2D eigenvalue weighted by molar-refractivity contribution is -0.141. The van der Waals surface area contributed by atoms with Crippen LogP contribution in [0.2, 0.25) is 0 Å². The van der Waals surface area contributed by atoms with Gasteiger partial charge in [-0.25, -0.2) is 8.42 Å². The average Bonchev–Trinajstić information content (AvgIpc) is 3.34. The molecule has 0 radical (unpaired) electrons. The largest absolute Gasteiger partial charge is 0.352 e. The lowest BCUT2D eigenvalue weighted by Gasteiger charge is -2.30. The molecule has 2 amide bonds. The van der Waals surface area contributed by atoms with Crippen LogP contribution in [0.1, 0.15) is 62.1 Å². The van der Waals surface area contributed by atoms with Crippen molar-refractivity contribution in [3.63, 3.8) is 0 Å². The van der Waals surface area contributed by atoms with Gasteiger partial charge in [0.1, 0.15) is 6.04 Å². The first-order valence-corrected chi connectivity index (χ1v) is 15.5. The first-order chi connectivity index (χ1) is 17.5. The van der Waals surface area contributed by atoms with Gasteiger partial charge in [0.25, 0.3) is 0 Å². The fourth-order valence-corrected chi connectivity index (χ4v) is 6.26. The van der Waals surface area contributed by atoms with Crippen molar-refractivity contribution >= 4 is 43.5 Å². The monoisotopic (exact) mass is 591 g/mol. The Morgan fingerprint density at radius 2 is 1.78 bits per heavy atom. The Balaban J connectivity index is 1.74. The third-order valence-electron chi connectivity index (χ3n) is 7.11. The van der Waals surface area contributed by atoms with E-state index in [2.05, 4.69) is 21.2 Å². The summed E-state index contributed by atoms with van der Waals surface area (Å²) in [6, 6.07) is 12.8. The molecule has 1 fully saturated rings. The molecule has 0 aromatic heterocycles. The Morgan fingerprint density at radius 1 is 1.11 bits per heavy atom. The van der Waals surface area contributed by atoms with E-state index in [9.17, 15) is 18.0 Å². The molecule has 1 N–H and O–H groups in total. The molecular weight excluding hydrogens is 554 g/mol. The van der Waals surface area contributed by atoms with Crippen LogP contribution in [-0.4, -0.2) is 50.0 Å². The highest BCUT2D eigenvalue weighted by Gasteiger charge is 2.29. The zero-order valence-corrected chi connectivity index (χ0v) is 24.6. The van der Waals surface area contributed by atoms with Crippen molar-refractivity contribution in [2.75, 3.05) is 17.1 Å². The third kappa shape index (κ3) is 8.04. The smallest absolute Gasteiger partial charge is 0.242 e. The van der Waals surface area contributed by atoms with Crippen LogP contribution in [0.25, 0.3) is 0 Å². The number of halogens is 1. The van der Waals surface area contributed by atoms with Crippen molar-refractivity contribution in [3.8, 4) is 0 Å². The summed E-state index contributed by atoms with van der Waals surface area (Å²) in [4.78, 5) is 28.1. The van der Waals surface area contributed by atoms with E-state index in [4.69, 9.17) is 0 Å². The highest BCUT2D eigenvalue weighted by Crippen LogP contribution is 2.26. The van der Waals surface area contributed by atoms with Crippen LogP contribution < -0.4 is 9.62 Å². The molecule has 1 aliphatic rings. The maximum Gasteiger partial charge on any atom is 0.242 e. The van der Waals surface area contributed by atoms with Crippen LogP contribution >= 0.6 is 15.9 Å². The van der Waals surface area contributed by atoms with E-state index in [0.717, 1.165) is 46.8 Å². The molecule has 1 atom stereocenters. The number of carbonyl (C=O) groups excluding carboxylic acids is 2. The quantitative estimate of drug-likeness (QED) is 0.394. The predicted octanol–water partition coefficient (Wildman–Crippen LogP) is 5.09. The number of anilines is 1. The second kappa shape index (κ2) is 12.9. The fraction of sp³-hybridized carbons (Fsp3) is 0.500. The Morgan fingerprint density at radius 3 is 2.43 bits per heavy atom. The molecule has 0 heterocycles. The fourth-order valence-electron chi connectivity index (χ4n) is 4.79. The summed E-state index contributed by atoms with van der Waals surface area (Å²) in [5, 5.41) is 3.11. The number of hydrogen-bond donors (Lipinski definition) is 1. The van der Waals surface area contributed by atoms with Crippen molar-refractivity contribution < 1.29 is 18.0 Å². The molecule has 3 rings (SSSR count). The van der Waals surface area contributed by atoms with Gasteiger partial charge in [-0.1, -0.05) is 53.0 Å². The minimum absolute atomic E-state index is 0.131. The topological polar surface area (TPSA) is 86.8 Å². The highest BCUT2D eigenvalue weighted by molar-refractivity contribution is 9.10. The summed E-state index contributed by atoms with van der Waals surface area (Å²) in [6.07, 6.45) is 5.81. The summed E-state index contributed by atoms with van der Waals surface area (Å²) in [7, 11) is -3.53. The lowest BCUT2D eigenvalue weighted by Crippen LogP contribution is -2.49. The number of hydrogen-bond acceptors (Lipinski definition) is 4. The number of nitrogens with zero attached hydrogens (tertiary/aromatic N) is 2. The summed E-state index contributed by atoms with van der Waals surface area (Å²) in [6.45, 7) is 6.09. The molecule has 7 nitrogen and oxygen atoms in total. The summed E-state index contributed by atoms with van der Waals surface area (Å²) < 4.78 is 27.5. The molecule has 1 saturated carbocycles. The van der Waals surface area contributed by atoms with Crippen LogP contribution in [0.5, 0.6) is 0 Å². The zero-order chi connectivity index (χ0) is 27.2. The molecule has 1 unspecified atom stereocenters. The van der Waals surface area contributed by atoms with Crippen LogP contribution in [0.4, 0.5) is 5.69 Å². The number of benzene rings is 2. The van der Waals surface area contributed by atoms with Crippen LogP contribution in [0, 0.1) is 13.8 Å². The van der Waals surface area contributed by atoms with Gasteiger partial charge >= 0.3 is 0 Å². The Bertz CT molecular complexity index is 1210. The molecule has 37 heavy (non-hydrogen) atoms. The second-order valence-electron chi connectivity index (χ2n) is 9.98. The summed E-state index contributed by atoms with van der Waals surface area (Å²) in [5.41, 5.74) is 3.44. The van der Waals surface area contributed by atoms with E-state index in [1.165, 1.54) is 10.6 Å². The van der Waals surface area contributed by atoms with Gasteiger partial charge < -0.3 is 10.2 Å². The third-order valence-corrected chi connectivity index (χ3v) is 8.78. The van der Waals surface area contributed by atoms with E-state index in [0.29, 0.717) is 18.7 Å². The summed E-state index contributed by atoms with van der Waals surface area (Å²) >= 11 is 3.48. The SMILES string of the molecule is Cc1cccc(N(CCCC(=O)N(Cc2cccc(Br)c2)C(C)C(=O)NC2CCCC2)S(C)(=O)=O)c1C. The van der Waals surface area contributed by atoms with Crippen LogP contribution in [-0.2, 0) is 26.2 Å². The van der Waals surface area contributed by atoms with Crippen LogP contribution in [0.15, 0.2) is 46.9 Å². The standard InChI is InChI=1S/C28H38BrN3O4S/c1-20-10-7-15-26(21(20)2)32(37(4,35)36)17-9-16-27(33)31(19-23-11-8-12-24(29)18-23)22(3)28(34)30-25-13-5-6-14-25/h7-8,10-12,15,18,22,25H,5-6,9,13-14,16-17,19H2,1-4H3,(H,30,34). The first-order valence-electron chi connectivity index (χ1n) is 12.9. The molecular formula is C28H38BrN3O4S. The van der Waals surface area contributed by atoms with Gasteiger partial charge in [-0.3, -0.25) is 13.9 Å². The first kappa shape index (κ1) is 29.2. The minimum atomic E-state index is -3.53. The molecule has 0 spiro atoms. The molecule has 2 aromatic rings. The number of sulfonamides is 1. The Kier molecular flexibility index (Phi) is 10.2. The molecule has 202 valence electrons. The summed E-state index contributed by atoms with van der Waals surface area (Å²) in [5.74, 6) is -0.327. The average molecular weight is 593 g/mol. The second-order valence-corrected chi connectivity index (χ2v) is 12.8. The van der Waals surface area contributed by atoms with Gasteiger partial charge in [0, 0.05) is 30.0 Å². The van der Waals surface area contributed by atoms with Crippen molar-refractivity contribution in [2.24, 2.45) is 0 Å². The van der Waals surface area contributed by atoms with Gasteiger partial charge in [-0.05, 0) is 74.9 Å². The molecule has 0 aliphatic heterocycles. The number of rotatable bonds is 11. The van der Waals surface area contributed by atoms with E-state index < -0.39 is 16.1 Å². The van der Waals surface area contributed by atoms with Crippen molar-refractivity contribution in [2.45, 2.75) is 77.9 Å². The number of aryl methyl sites for hydroxylation is 1. The predicted molar refractivity (Wildman–Crippen MR) is 152 cm³/mol. The normalized spacial score (nSPS) is 14.8. The molecule has 9 heteroatoms. The Hall–Kier alpha value is -2.39. The van der Waals surface area contributed by atoms with Gasteiger partial charge in [0.2, 0.25) is 21.8 Å². The zero-order valence-electron chi connectivity index (χ0n) is 22.2. The number of amides is 2. The highest BCUT2D eigenvalue weighted by atomic mass is 79.9. The maximum absolute atomic E-state index is 13.5. The molecule has 2 aromatic carbocycles. The molecule has 0 bridgehead atoms. The van der Waals surface area contributed by atoms with Gasteiger partial charge in [-0.2, -0.15) is 0 Å². The van der Waals surface area contributed by atoms with E-state index in [1.807, 2.05) is 50.2 Å². The lowest BCUT2D eigenvalue weighted by atomic mass is 10.1. The van der Waals surface area contributed by atoms with Crippen molar-refractivity contribution in [1.82, 2.24) is 10.2 Å². The Labute approximate surface area is 229 Å². The van der Waals surface area contributed by atoms with Gasteiger partial charge in [0.05, 0.1) is 11.9 Å².